The Hall–Kier alpha value is -1.89. The number of nitrogens with one attached hydrogen (secondary N) is 2. The molecule has 0 aliphatic carbocycles. The lowest BCUT2D eigenvalue weighted by Gasteiger charge is -2.36. The van der Waals surface area contributed by atoms with Gasteiger partial charge in [0.25, 0.3) is 5.91 Å². The highest BCUT2D eigenvalue weighted by atomic mass is 16.7. The zero-order chi connectivity index (χ0) is 18.4. The fourth-order valence-electron chi connectivity index (χ4n) is 4.81. The number of H-pyrrole nitrogens is 1. The van der Waals surface area contributed by atoms with Crippen LogP contribution in [0, 0.1) is 6.92 Å². The van der Waals surface area contributed by atoms with Crippen LogP contribution >= 0.6 is 0 Å². The minimum atomic E-state index is -0.353. The number of ether oxygens (including phenoxy) is 2. The van der Waals surface area contributed by atoms with Gasteiger partial charge in [0, 0.05) is 41.7 Å². The Labute approximate surface area is 159 Å². The van der Waals surface area contributed by atoms with E-state index in [2.05, 4.69) is 30.1 Å². The predicted molar refractivity (Wildman–Crippen MR) is 102 cm³/mol. The molecule has 27 heavy (non-hydrogen) atoms. The van der Waals surface area contributed by atoms with Crippen molar-refractivity contribution in [1.82, 2.24) is 9.88 Å². The molecule has 2 fully saturated rings. The number of carbonyl (C=O) groups excluding carboxylic acids is 1. The molecule has 3 aliphatic rings. The van der Waals surface area contributed by atoms with Gasteiger partial charge in [-0.05, 0) is 19.1 Å². The molecule has 6 heteroatoms. The van der Waals surface area contributed by atoms with Crippen molar-refractivity contribution in [3.63, 3.8) is 0 Å². The van der Waals surface area contributed by atoms with E-state index in [1.807, 2.05) is 4.90 Å². The Kier molecular flexibility index (Phi) is 4.22. The fraction of sp³-hybridized carbons (Fsp3) is 0.571. The quantitative estimate of drug-likeness (QED) is 0.822. The Bertz CT molecular complexity index is 859. The lowest BCUT2D eigenvalue weighted by Crippen LogP contribution is -3.14. The number of fused-ring (bicyclic) bond motifs is 3. The van der Waals surface area contributed by atoms with Gasteiger partial charge in [-0.15, -0.1) is 0 Å². The van der Waals surface area contributed by atoms with E-state index in [1.54, 1.807) is 0 Å². The average Bonchev–Trinajstić information content (AvgIpc) is 3.28. The minimum Gasteiger partial charge on any atom is -0.358 e. The van der Waals surface area contributed by atoms with Crippen LogP contribution in [-0.2, 0) is 27.2 Å². The number of nitrogens with zero attached hydrogens (tertiary/aromatic N) is 1. The van der Waals surface area contributed by atoms with Crippen molar-refractivity contribution in [2.24, 2.45) is 0 Å². The van der Waals surface area contributed by atoms with E-state index in [0.29, 0.717) is 19.8 Å². The lowest BCUT2D eigenvalue weighted by atomic mass is 10.0. The second-order valence-corrected chi connectivity index (χ2v) is 8.23. The zero-order valence-electron chi connectivity index (χ0n) is 16.0. The topological polar surface area (TPSA) is 59.0 Å². The molecule has 1 aromatic heterocycles. The molecule has 0 atom stereocenters. The number of carbonyl (C=O) groups is 1. The summed E-state index contributed by atoms with van der Waals surface area (Å²) in [7, 11) is 0. The Balaban J connectivity index is 1.24. The highest BCUT2D eigenvalue weighted by molar-refractivity contribution is 5.86. The van der Waals surface area contributed by atoms with E-state index >= 15 is 0 Å². The summed E-state index contributed by atoms with van der Waals surface area (Å²) < 4.78 is 11.6. The third kappa shape index (κ3) is 3.16. The van der Waals surface area contributed by atoms with E-state index in [-0.39, 0.29) is 11.7 Å². The predicted octanol–water partition coefficient (Wildman–Crippen LogP) is 0.783. The van der Waals surface area contributed by atoms with Gasteiger partial charge in [-0.25, -0.2) is 0 Å². The minimum absolute atomic E-state index is 0.266. The summed E-state index contributed by atoms with van der Waals surface area (Å²) in [5.74, 6) is -0.0871. The normalized spacial score (nSPS) is 22.5. The molecule has 0 saturated carbocycles. The summed E-state index contributed by atoms with van der Waals surface area (Å²) in [4.78, 5) is 19.9. The number of benzene rings is 1. The highest BCUT2D eigenvalue weighted by Gasteiger charge is 2.42. The number of quaternary nitrogens is 1. The molecule has 2 N–H and O–H groups in total. The van der Waals surface area contributed by atoms with Gasteiger partial charge in [0.2, 0.25) is 0 Å². The molecular formula is C21H28N3O3+. The number of amides is 1. The van der Waals surface area contributed by atoms with Crippen molar-refractivity contribution in [2.75, 3.05) is 39.4 Å². The molecule has 5 rings (SSSR count). The molecule has 4 heterocycles. The molecule has 144 valence electrons. The summed E-state index contributed by atoms with van der Waals surface area (Å²) in [5.41, 5.74) is 5.04. The van der Waals surface area contributed by atoms with Crippen LogP contribution in [0.5, 0.6) is 0 Å². The van der Waals surface area contributed by atoms with Gasteiger partial charge in [-0.1, -0.05) is 11.6 Å². The van der Waals surface area contributed by atoms with Crippen LogP contribution in [-0.4, -0.2) is 61.0 Å². The van der Waals surface area contributed by atoms with Gasteiger partial charge in [-0.2, -0.15) is 0 Å². The SMILES string of the molecule is Cc1ccc2[nH]c3c(c2c1)CN(C(=O)C[NH+]1CCC2(CC1)OCCO2)CC3. The summed E-state index contributed by atoms with van der Waals surface area (Å²) in [5, 5.41) is 1.27. The van der Waals surface area contributed by atoms with E-state index < -0.39 is 0 Å². The Morgan fingerprint density at radius 2 is 2.04 bits per heavy atom. The van der Waals surface area contributed by atoms with Crippen molar-refractivity contribution in [3.05, 3.63) is 35.0 Å². The number of aromatic nitrogens is 1. The molecule has 3 aliphatic heterocycles. The first-order chi connectivity index (χ1) is 13.1. The summed E-state index contributed by atoms with van der Waals surface area (Å²) in [6, 6.07) is 6.52. The molecule has 1 aromatic carbocycles. The van der Waals surface area contributed by atoms with Crippen molar-refractivity contribution >= 4 is 16.8 Å². The summed E-state index contributed by atoms with van der Waals surface area (Å²) in [6.07, 6.45) is 2.69. The number of piperidine rings is 1. The number of aryl methyl sites for hydroxylation is 1. The molecule has 1 amide bonds. The van der Waals surface area contributed by atoms with Gasteiger partial charge in [0.15, 0.2) is 12.3 Å². The van der Waals surface area contributed by atoms with Crippen LogP contribution in [0.25, 0.3) is 10.9 Å². The van der Waals surface area contributed by atoms with E-state index in [0.717, 1.165) is 45.4 Å². The average molecular weight is 370 g/mol. The van der Waals surface area contributed by atoms with Gasteiger partial charge < -0.3 is 24.3 Å². The Morgan fingerprint density at radius 1 is 1.26 bits per heavy atom. The Morgan fingerprint density at radius 3 is 2.81 bits per heavy atom. The van der Waals surface area contributed by atoms with Crippen molar-refractivity contribution in [3.8, 4) is 0 Å². The molecule has 2 aromatic rings. The number of hydrogen-bond acceptors (Lipinski definition) is 3. The molecule has 1 spiro atoms. The van der Waals surface area contributed by atoms with Crippen molar-refractivity contribution < 1.29 is 19.2 Å². The van der Waals surface area contributed by atoms with Crippen LogP contribution in [0.2, 0.25) is 0 Å². The van der Waals surface area contributed by atoms with Crippen LogP contribution in [0.15, 0.2) is 18.2 Å². The second-order valence-electron chi connectivity index (χ2n) is 8.23. The maximum atomic E-state index is 12.9. The molecule has 6 nitrogen and oxygen atoms in total. The third-order valence-corrected chi connectivity index (χ3v) is 6.42. The molecular weight excluding hydrogens is 342 g/mol. The molecule has 0 unspecified atom stereocenters. The lowest BCUT2D eigenvalue weighted by molar-refractivity contribution is -0.901. The van der Waals surface area contributed by atoms with Gasteiger partial charge in [0.05, 0.1) is 39.1 Å². The van der Waals surface area contributed by atoms with E-state index in [1.165, 1.54) is 32.6 Å². The standard InChI is InChI=1S/C21H27N3O3/c1-15-2-3-18-16(12-15)17-13-24(7-4-19(17)22-18)20(25)14-23-8-5-21(6-9-23)26-10-11-27-21/h2-3,12,22H,4-11,13-14H2,1H3/p+1. The highest BCUT2D eigenvalue weighted by Crippen LogP contribution is 2.29. The largest absolute Gasteiger partial charge is 0.358 e. The van der Waals surface area contributed by atoms with Crippen LogP contribution < -0.4 is 4.90 Å². The van der Waals surface area contributed by atoms with Crippen LogP contribution in [0.1, 0.15) is 29.7 Å². The number of rotatable bonds is 2. The fourth-order valence-corrected chi connectivity index (χ4v) is 4.81. The molecule has 0 radical (unpaired) electrons. The van der Waals surface area contributed by atoms with Crippen molar-refractivity contribution in [1.29, 1.82) is 0 Å². The number of aromatic amines is 1. The zero-order valence-corrected chi connectivity index (χ0v) is 16.0. The van der Waals surface area contributed by atoms with Gasteiger partial charge >= 0.3 is 0 Å². The monoisotopic (exact) mass is 370 g/mol. The van der Waals surface area contributed by atoms with E-state index in [4.69, 9.17) is 9.47 Å². The van der Waals surface area contributed by atoms with Gasteiger partial charge in [-0.3, -0.25) is 4.79 Å². The first-order valence-corrected chi connectivity index (χ1v) is 10.1. The number of hydrogen-bond donors (Lipinski definition) is 2. The summed E-state index contributed by atoms with van der Waals surface area (Å²) in [6.45, 7) is 7.51. The van der Waals surface area contributed by atoms with Crippen LogP contribution in [0.3, 0.4) is 0 Å². The van der Waals surface area contributed by atoms with Crippen molar-refractivity contribution in [2.45, 2.75) is 38.5 Å². The third-order valence-electron chi connectivity index (χ3n) is 6.42. The maximum absolute atomic E-state index is 12.9. The molecule has 2 saturated heterocycles. The first-order valence-electron chi connectivity index (χ1n) is 10.1. The van der Waals surface area contributed by atoms with Gasteiger partial charge in [0.1, 0.15) is 0 Å². The van der Waals surface area contributed by atoms with Crippen LogP contribution in [0.4, 0.5) is 0 Å². The smallest absolute Gasteiger partial charge is 0.278 e. The molecule has 0 bridgehead atoms. The second kappa shape index (κ2) is 6.62. The first kappa shape index (κ1) is 17.2. The maximum Gasteiger partial charge on any atom is 0.278 e. The number of likely N-dealkylation sites (tertiary alicyclic amines) is 1. The summed E-state index contributed by atoms with van der Waals surface area (Å²) >= 11 is 0. The van der Waals surface area contributed by atoms with E-state index in [9.17, 15) is 4.79 Å².